The first-order valence-electron chi connectivity index (χ1n) is 5.58. The van der Waals surface area contributed by atoms with Crippen LogP contribution in [0.25, 0.3) is 0 Å². The number of likely N-dealkylation sites (tertiary alicyclic amines) is 1. The van der Waals surface area contributed by atoms with Crippen LogP contribution >= 0.6 is 11.8 Å². The third-order valence-corrected chi connectivity index (χ3v) is 3.95. The lowest BCUT2D eigenvalue weighted by Gasteiger charge is -2.08. The van der Waals surface area contributed by atoms with Crippen LogP contribution in [0.2, 0.25) is 0 Å². The molecule has 1 fully saturated rings. The summed E-state index contributed by atoms with van der Waals surface area (Å²) in [6.45, 7) is 2.18. The average Bonchev–Trinajstić information content (AvgIpc) is 2.46. The molecule has 0 aliphatic carbocycles. The van der Waals surface area contributed by atoms with E-state index in [9.17, 15) is 9.59 Å². The van der Waals surface area contributed by atoms with E-state index < -0.39 is 0 Å². The number of carbonyl (C=O) groups excluding carboxylic acids is 2. The van der Waals surface area contributed by atoms with Gasteiger partial charge < -0.3 is 0 Å². The van der Waals surface area contributed by atoms with Gasteiger partial charge in [0.1, 0.15) is 0 Å². The molecule has 3 nitrogen and oxygen atoms in total. The van der Waals surface area contributed by atoms with E-state index in [0.29, 0.717) is 6.42 Å². The van der Waals surface area contributed by atoms with Crippen LogP contribution < -0.4 is 0 Å². The fourth-order valence-electron chi connectivity index (χ4n) is 1.61. The number of thioether (sulfide) groups is 1. The predicted octanol–water partition coefficient (Wildman–Crippen LogP) is 2.06. The molecule has 1 aliphatic heterocycles. The Morgan fingerprint density at radius 1 is 1.33 bits per heavy atom. The van der Waals surface area contributed by atoms with E-state index in [2.05, 4.69) is 6.92 Å². The molecular formula is C11H19NO2S. The van der Waals surface area contributed by atoms with Crippen LogP contribution in [0.5, 0.6) is 0 Å². The van der Waals surface area contributed by atoms with Crippen molar-refractivity contribution >= 4 is 23.6 Å². The monoisotopic (exact) mass is 229 g/mol. The van der Waals surface area contributed by atoms with Crippen molar-refractivity contribution in [3.05, 3.63) is 0 Å². The first kappa shape index (κ1) is 12.6. The minimum absolute atomic E-state index is 0.0134. The molecule has 0 aromatic heterocycles. The molecule has 0 saturated carbocycles. The summed E-state index contributed by atoms with van der Waals surface area (Å²) in [7, 11) is 1.57. The summed E-state index contributed by atoms with van der Waals surface area (Å²) in [6, 6.07) is 0. The number of hydrogen-bond donors (Lipinski definition) is 0. The molecule has 1 heterocycles. The second kappa shape index (κ2) is 6.16. The van der Waals surface area contributed by atoms with Gasteiger partial charge in [-0.3, -0.25) is 14.5 Å². The highest BCUT2D eigenvalue weighted by molar-refractivity contribution is 8.00. The first-order chi connectivity index (χ1) is 7.16. The largest absolute Gasteiger partial charge is 0.285 e. The van der Waals surface area contributed by atoms with Crippen molar-refractivity contribution in [2.45, 2.75) is 44.3 Å². The van der Waals surface area contributed by atoms with Crippen LogP contribution in [-0.4, -0.2) is 34.8 Å². The van der Waals surface area contributed by atoms with Gasteiger partial charge in [0, 0.05) is 13.5 Å². The van der Waals surface area contributed by atoms with E-state index >= 15 is 0 Å². The molecule has 1 atom stereocenters. The van der Waals surface area contributed by atoms with E-state index in [4.69, 9.17) is 0 Å². The molecule has 1 aliphatic rings. The van der Waals surface area contributed by atoms with E-state index in [0.717, 1.165) is 12.2 Å². The summed E-state index contributed by atoms with van der Waals surface area (Å²) >= 11 is 1.64. The zero-order valence-corrected chi connectivity index (χ0v) is 10.3. The fourth-order valence-corrected chi connectivity index (χ4v) is 2.82. The summed E-state index contributed by atoms with van der Waals surface area (Å²) in [5, 5.41) is -0.107. The van der Waals surface area contributed by atoms with Gasteiger partial charge in [0.15, 0.2) is 0 Å². The number of amides is 2. The Morgan fingerprint density at radius 3 is 2.60 bits per heavy atom. The van der Waals surface area contributed by atoms with E-state index in [-0.39, 0.29) is 17.1 Å². The second-order valence-corrected chi connectivity index (χ2v) is 5.23. The highest BCUT2D eigenvalue weighted by Gasteiger charge is 2.35. The zero-order valence-electron chi connectivity index (χ0n) is 9.49. The average molecular weight is 229 g/mol. The van der Waals surface area contributed by atoms with Crippen LogP contribution in [0.4, 0.5) is 0 Å². The SMILES string of the molecule is CCCCCCSC1CC(=O)N(C)C1=O. The topological polar surface area (TPSA) is 37.4 Å². The maximum absolute atomic E-state index is 11.5. The van der Waals surface area contributed by atoms with Crippen molar-refractivity contribution in [3.8, 4) is 0 Å². The van der Waals surface area contributed by atoms with E-state index in [1.165, 1.54) is 24.2 Å². The zero-order chi connectivity index (χ0) is 11.3. The van der Waals surface area contributed by atoms with Crippen molar-refractivity contribution < 1.29 is 9.59 Å². The molecule has 0 radical (unpaired) electrons. The highest BCUT2D eigenvalue weighted by atomic mass is 32.2. The van der Waals surface area contributed by atoms with Crippen molar-refractivity contribution in [2.24, 2.45) is 0 Å². The molecule has 0 N–H and O–H groups in total. The number of imide groups is 1. The summed E-state index contributed by atoms with van der Waals surface area (Å²) < 4.78 is 0. The van der Waals surface area contributed by atoms with Gasteiger partial charge in [-0.05, 0) is 12.2 Å². The minimum Gasteiger partial charge on any atom is -0.285 e. The molecule has 0 aromatic rings. The Morgan fingerprint density at radius 2 is 2.07 bits per heavy atom. The molecular weight excluding hydrogens is 210 g/mol. The molecule has 2 amide bonds. The van der Waals surface area contributed by atoms with Crippen LogP contribution in [0.1, 0.15) is 39.0 Å². The first-order valence-corrected chi connectivity index (χ1v) is 6.63. The van der Waals surface area contributed by atoms with Gasteiger partial charge in [0.25, 0.3) is 0 Å². The molecule has 0 spiro atoms. The lowest BCUT2D eigenvalue weighted by atomic mass is 10.2. The number of unbranched alkanes of at least 4 members (excludes halogenated alkanes) is 3. The highest BCUT2D eigenvalue weighted by Crippen LogP contribution is 2.24. The summed E-state index contributed by atoms with van der Waals surface area (Å²) in [5.74, 6) is 0.948. The van der Waals surface area contributed by atoms with Crippen molar-refractivity contribution in [1.82, 2.24) is 4.90 Å². The number of carbonyl (C=O) groups is 2. The Bertz CT molecular complexity index is 243. The Hall–Kier alpha value is -0.510. The molecule has 1 saturated heterocycles. The van der Waals surface area contributed by atoms with Gasteiger partial charge in [-0.25, -0.2) is 0 Å². The summed E-state index contributed by atoms with van der Waals surface area (Å²) in [6.07, 6.45) is 5.27. The molecule has 1 unspecified atom stereocenters. The lowest BCUT2D eigenvalue weighted by molar-refractivity contribution is -0.136. The fraction of sp³-hybridized carbons (Fsp3) is 0.818. The van der Waals surface area contributed by atoms with Gasteiger partial charge in [-0.1, -0.05) is 26.2 Å². The van der Waals surface area contributed by atoms with Crippen molar-refractivity contribution in [2.75, 3.05) is 12.8 Å². The van der Waals surface area contributed by atoms with Crippen LogP contribution in [0, 0.1) is 0 Å². The van der Waals surface area contributed by atoms with Gasteiger partial charge >= 0.3 is 0 Å². The molecule has 4 heteroatoms. The molecule has 15 heavy (non-hydrogen) atoms. The maximum Gasteiger partial charge on any atom is 0.242 e. The smallest absolute Gasteiger partial charge is 0.242 e. The van der Waals surface area contributed by atoms with Crippen molar-refractivity contribution in [3.63, 3.8) is 0 Å². The Kier molecular flexibility index (Phi) is 5.15. The van der Waals surface area contributed by atoms with Gasteiger partial charge in [-0.15, -0.1) is 11.8 Å². The Labute approximate surface area is 95.6 Å². The van der Waals surface area contributed by atoms with Gasteiger partial charge in [0.2, 0.25) is 11.8 Å². The van der Waals surface area contributed by atoms with Crippen LogP contribution in [0.3, 0.4) is 0 Å². The summed E-state index contributed by atoms with van der Waals surface area (Å²) in [5.41, 5.74) is 0. The van der Waals surface area contributed by atoms with Gasteiger partial charge in [0.05, 0.1) is 5.25 Å². The molecule has 0 aromatic carbocycles. The van der Waals surface area contributed by atoms with Crippen LogP contribution in [-0.2, 0) is 9.59 Å². The van der Waals surface area contributed by atoms with Gasteiger partial charge in [-0.2, -0.15) is 0 Å². The lowest BCUT2D eigenvalue weighted by Crippen LogP contribution is -2.26. The maximum atomic E-state index is 11.5. The van der Waals surface area contributed by atoms with E-state index in [1.54, 1.807) is 18.8 Å². The second-order valence-electron chi connectivity index (χ2n) is 3.92. The molecule has 86 valence electrons. The quantitative estimate of drug-likeness (QED) is 0.517. The summed E-state index contributed by atoms with van der Waals surface area (Å²) in [4.78, 5) is 24.0. The number of rotatable bonds is 6. The predicted molar refractivity (Wildman–Crippen MR) is 62.8 cm³/mol. The third kappa shape index (κ3) is 3.52. The molecule has 1 rings (SSSR count). The van der Waals surface area contributed by atoms with Crippen molar-refractivity contribution in [1.29, 1.82) is 0 Å². The van der Waals surface area contributed by atoms with Crippen LogP contribution in [0.15, 0.2) is 0 Å². The number of nitrogens with zero attached hydrogens (tertiary/aromatic N) is 1. The third-order valence-electron chi connectivity index (χ3n) is 2.66. The normalized spacial score (nSPS) is 21.5. The van der Waals surface area contributed by atoms with E-state index in [1.807, 2.05) is 0 Å². The minimum atomic E-state index is -0.107. The molecule has 0 bridgehead atoms. The Balaban J connectivity index is 2.17. The number of hydrogen-bond acceptors (Lipinski definition) is 3. The standard InChI is InChI=1S/C11H19NO2S/c1-3-4-5-6-7-15-9-8-10(13)12(2)11(9)14/h9H,3-8H2,1-2H3.